The van der Waals surface area contributed by atoms with Gasteiger partial charge in [0.15, 0.2) is 0 Å². The molecule has 2 atom stereocenters. The number of hydrogen-bond acceptors (Lipinski definition) is 4. The number of nitrogens with one attached hydrogen (secondary N) is 1. The van der Waals surface area contributed by atoms with Crippen molar-refractivity contribution in [1.82, 2.24) is 10.2 Å². The number of carbonyl (C=O) groups excluding carboxylic acids is 2. The lowest BCUT2D eigenvalue weighted by molar-refractivity contribution is -0.142. The molecule has 0 radical (unpaired) electrons. The van der Waals surface area contributed by atoms with Gasteiger partial charge in [0.1, 0.15) is 0 Å². The summed E-state index contributed by atoms with van der Waals surface area (Å²) in [5.74, 6) is -1.93. The smallest absolute Gasteiger partial charge is 0.304 e. The van der Waals surface area contributed by atoms with E-state index in [1.165, 1.54) is 11.6 Å². The highest BCUT2D eigenvalue weighted by Gasteiger charge is 2.39. The van der Waals surface area contributed by atoms with E-state index in [0.29, 0.717) is 18.7 Å². The van der Waals surface area contributed by atoms with Gasteiger partial charge < -0.3 is 21.1 Å². The maximum Gasteiger partial charge on any atom is 0.304 e. The molecule has 0 unspecified atom stereocenters. The molecule has 2 aromatic rings. The number of aryl methyl sites for hydroxylation is 1. The van der Waals surface area contributed by atoms with Crippen molar-refractivity contribution in [3.63, 3.8) is 0 Å². The minimum Gasteiger partial charge on any atom is -0.481 e. The van der Waals surface area contributed by atoms with E-state index in [0.717, 1.165) is 18.4 Å². The van der Waals surface area contributed by atoms with Crippen LogP contribution < -0.4 is 11.1 Å². The van der Waals surface area contributed by atoms with E-state index < -0.39 is 11.9 Å². The van der Waals surface area contributed by atoms with Crippen molar-refractivity contribution in [1.29, 1.82) is 0 Å². The van der Waals surface area contributed by atoms with Crippen LogP contribution in [0.4, 0.5) is 5.69 Å². The Balaban J connectivity index is 1.56. The molecular weight excluding hydrogens is 406 g/mol. The Morgan fingerprint density at radius 3 is 2.53 bits per heavy atom. The number of rotatable bonds is 10. The zero-order valence-electron chi connectivity index (χ0n) is 17.9. The number of nitrogen functional groups attached to an aromatic ring is 1. The fourth-order valence-electron chi connectivity index (χ4n) is 3.99. The Labute approximate surface area is 187 Å². The van der Waals surface area contributed by atoms with Gasteiger partial charge in [-0.3, -0.25) is 14.4 Å². The first-order valence-electron chi connectivity index (χ1n) is 10.8. The largest absolute Gasteiger partial charge is 0.481 e. The standard InChI is InChI=1S/C25H29N3O4/c26-21-11-8-19(9-12-21)10-13-23(29)27-17-22-15-20(16-24(30)31)25(32)28(22)14-4-7-18-5-2-1-3-6-18/h1-3,5-6,8-13,20,22H,4,7,14-17,26H2,(H,27,29)(H,30,31)/b13-10+/t20-,22-/m0/s1. The van der Waals surface area contributed by atoms with E-state index in [1.807, 2.05) is 42.5 Å². The highest BCUT2D eigenvalue weighted by molar-refractivity contribution is 5.92. The second-order valence-corrected chi connectivity index (χ2v) is 8.05. The van der Waals surface area contributed by atoms with Crippen molar-refractivity contribution in [3.05, 3.63) is 71.8 Å². The molecular formula is C25H29N3O4. The van der Waals surface area contributed by atoms with E-state index in [2.05, 4.69) is 5.32 Å². The van der Waals surface area contributed by atoms with Crippen LogP contribution in [-0.2, 0) is 20.8 Å². The molecule has 168 valence electrons. The highest BCUT2D eigenvalue weighted by atomic mass is 16.4. The van der Waals surface area contributed by atoms with Crippen LogP contribution in [0.3, 0.4) is 0 Å². The molecule has 0 saturated carbocycles. The predicted octanol–water partition coefficient (Wildman–Crippen LogP) is 2.72. The third kappa shape index (κ3) is 6.70. The molecule has 1 aliphatic heterocycles. The minimum absolute atomic E-state index is 0.142. The molecule has 3 rings (SSSR count). The van der Waals surface area contributed by atoms with Gasteiger partial charge in [0.05, 0.1) is 12.3 Å². The summed E-state index contributed by atoms with van der Waals surface area (Å²) in [6.07, 6.45) is 4.98. The number of anilines is 1. The lowest BCUT2D eigenvalue weighted by Crippen LogP contribution is -2.42. The number of carboxylic acids is 1. The van der Waals surface area contributed by atoms with E-state index in [1.54, 1.807) is 23.1 Å². The number of carbonyl (C=O) groups is 3. The number of amides is 2. The third-order valence-electron chi connectivity index (χ3n) is 5.63. The first kappa shape index (κ1) is 23.1. The zero-order chi connectivity index (χ0) is 22.9. The fourth-order valence-corrected chi connectivity index (χ4v) is 3.99. The molecule has 32 heavy (non-hydrogen) atoms. The number of benzene rings is 2. The molecule has 7 nitrogen and oxygen atoms in total. The molecule has 1 aliphatic rings. The Morgan fingerprint density at radius 2 is 1.84 bits per heavy atom. The van der Waals surface area contributed by atoms with Gasteiger partial charge >= 0.3 is 5.97 Å². The summed E-state index contributed by atoms with van der Waals surface area (Å²) in [4.78, 5) is 38.0. The number of nitrogens with two attached hydrogens (primary N) is 1. The number of aliphatic carboxylic acids is 1. The van der Waals surface area contributed by atoms with Crippen LogP contribution in [0.15, 0.2) is 60.7 Å². The zero-order valence-corrected chi connectivity index (χ0v) is 17.9. The topological polar surface area (TPSA) is 113 Å². The highest BCUT2D eigenvalue weighted by Crippen LogP contribution is 2.27. The number of likely N-dealkylation sites (tertiary alicyclic amines) is 1. The van der Waals surface area contributed by atoms with E-state index >= 15 is 0 Å². The molecule has 2 amide bonds. The van der Waals surface area contributed by atoms with Gasteiger partial charge in [0.25, 0.3) is 0 Å². The summed E-state index contributed by atoms with van der Waals surface area (Å²) in [7, 11) is 0. The maximum absolute atomic E-state index is 12.8. The van der Waals surface area contributed by atoms with Crippen LogP contribution in [0.2, 0.25) is 0 Å². The minimum atomic E-state index is -0.983. The summed E-state index contributed by atoms with van der Waals surface area (Å²) in [6.45, 7) is 0.823. The van der Waals surface area contributed by atoms with Crippen molar-refractivity contribution in [2.24, 2.45) is 5.92 Å². The fraction of sp³-hybridized carbons (Fsp3) is 0.320. The average molecular weight is 436 g/mol. The van der Waals surface area contributed by atoms with Crippen LogP contribution in [0.1, 0.15) is 30.4 Å². The Kier molecular flexibility index (Phi) is 8.02. The van der Waals surface area contributed by atoms with Crippen LogP contribution in [0.25, 0.3) is 6.08 Å². The van der Waals surface area contributed by atoms with Gasteiger partial charge in [-0.2, -0.15) is 0 Å². The molecule has 2 aromatic carbocycles. The Bertz CT molecular complexity index is 957. The second kappa shape index (κ2) is 11.1. The van der Waals surface area contributed by atoms with Crippen molar-refractivity contribution < 1.29 is 19.5 Å². The summed E-state index contributed by atoms with van der Waals surface area (Å²) in [5.41, 5.74) is 8.36. The van der Waals surface area contributed by atoms with Crippen molar-refractivity contribution in [2.45, 2.75) is 31.7 Å². The molecule has 0 spiro atoms. The molecule has 0 aliphatic carbocycles. The average Bonchev–Trinajstić information content (AvgIpc) is 3.06. The summed E-state index contributed by atoms with van der Waals surface area (Å²) in [6, 6.07) is 17.0. The van der Waals surface area contributed by atoms with Crippen LogP contribution in [0, 0.1) is 5.92 Å². The third-order valence-corrected chi connectivity index (χ3v) is 5.63. The van der Waals surface area contributed by atoms with Gasteiger partial charge in [0, 0.05) is 30.9 Å². The van der Waals surface area contributed by atoms with Gasteiger partial charge in [-0.05, 0) is 48.6 Å². The number of carboxylic acid groups (broad SMARTS) is 1. The van der Waals surface area contributed by atoms with Gasteiger partial charge in [-0.15, -0.1) is 0 Å². The van der Waals surface area contributed by atoms with Crippen LogP contribution >= 0.6 is 0 Å². The van der Waals surface area contributed by atoms with Gasteiger partial charge in [-0.1, -0.05) is 42.5 Å². The molecule has 1 fully saturated rings. The first-order valence-corrected chi connectivity index (χ1v) is 10.8. The molecule has 1 saturated heterocycles. The SMILES string of the molecule is Nc1ccc(/C=C/C(=O)NC[C@@H]2C[C@@H](CC(=O)O)C(=O)N2CCCc2ccccc2)cc1. The van der Waals surface area contributed by atoms with E-state index in [9.17, 15) is 14.4 Å². The summed E-state index contributed by atoms with van der Waals surface area (Å²) < 4.78 is 0. The molecule has 0 aromatic heterocycles. The quantitative estimate of drug-likeness (QED) is 0.392. The Morgan fingerprint density at radius 1 is 1.12 bits per heavy atom. The summed E-state index contributed by atoms with van der Waals surface area (Å²) >= 11 is 0. The molecule has 0 bridgehead atoms. The molecule has 1 heterocycles. The predicted molar refractivity (Wildman–Crippen MR) is 124 cm³/mol. The van der Waals surface area contributed by atoms with Gasteiger partial charge in [-0.25, -0.2) is 0 Å². The first-order chi connectivity index (χ1) is 15.4. The van der Waals surface area contributed by atoms with Crippen LogP contribution in [0.5, 0.6) is 0 Å². The maximum atomic E-state index is 12.8. The number of nitrogens with zero attached hydrogens (tertiary/aromatic N) is 1. The van der Waals surface area contributed by atoms with Crippen molar-refractivity contribution in [2.75, 3.05) is 18.8 Å². The van der Waals surface area contributed by atoms with E-state index in [4.69, 9.17) is 10.8 Å². The number of hydrogen-bond donors (Lipinski definition) is 3. The lowest BCUT2D eigenvalue weighted by Gasteiger charge is -2.25. The van der Waals surface area contributed by atoms with Crippen LogP contribution in [-0.4, -0.2) is 46.9 Å². The molecule has 4 N–H and O–H groups in total. The Hall–Kier alpha value is -3.61. The summed E-state index contributed by atoms with van der Waals surface area (Å²) in [5, 5.41) is 12.0. The molecule has 7 heteroatoms. The monoisotopic (exact) mass is 435 g/mol. The van der Waals surface area contributed by atoms with Crippen molar-refractivity contribution >= 4 is 29.5 Å². The van der Waals surface area contributed by atoms with E-state index in [-0.39, 0.29) is 30.8 Å². The second-order valence-electron chi connectivity index (χ2n) is 8.05. The van der Waals surface area contributed by atoms with Gasteiger partial charge in [0.2, 0.25) is 11.8 Å². The lowest BCUT2D eigenvalue weighted by atomic mass is 10.0. The normalized spacial score (nSPS) is 18.2. The van der Waals surface area contributed by atoms with Crippen molar-refractivity contribution in [3.8, 4) is 0 Å².